The van der Waals surface area contributed by atoms with Crippen LogP contribution in [0.1, 0.15) is 51.9 Å². The maximum Gasteiger partial charge on any atom is 0.295 e. The minimum atomic E-state index is 0.575. The van der Waals surface area contributed by atoms with Crippen molar-refractivity contribution in [2.75, 3.05) is 7.11 Å². The highest BCUT2D eigenvalue weighted by Crippen LogP contribution is 2.33. The summed E-state index contributed by atoms with van der Waals surface area (Å²) in [6, 6.07) is 0. The van der Waals surface area contributed by atoms with Crippen LogP contribution in [-0.2, 0) is 4.65 Å². The number of rotatable bonds is 5. The Labute approximate surface area is 83.4 Å². The molecule has 1 aliphatic rings. The van der Waals surface area contributed by atoms with Crippen LogP contribution in [0.2, 0.25) is 12.1 Å². The van der Waals surface area contributed by atoms with Crippen molar-refractivity contribution >= 4 is 6.92 Å². The molecule has 1 atom stereocenters. The Balaban J connectivity index is 2.19. The van der Waals surface area contributed by atoms with Crippen molar-refractivity contribution in [3.63, 3.8) is 0 Å². The molecule has 1 rings (SSSR count). The molecule has 0 N–H and O–H groups in total. The van der Waals surface area contributed by atoms with Gasteiger partial charge in [0.1, 0.15) is 0 Å². The highest BCUT2D eigenvalue weighted by molar-refractivity contribution is 6.53. The molecule has 2 heteroatoms. The fraction of sp³-hybridized carbons (Fsp3) is 1.00. The van der Waals surface area contributed by atoms with Gasteiger partial charge in [-0.2, -0.15) is 0 Å². The Bertz CT molecular complexity index is 127. The maximum atomic E-state index is 5.53. The molecular weight excluding hydrogens is 159 g/mol. The van der Waals surface area contributed by atoms with Gasteiger partial charge in [0, 0.05) is 7.11 Å². The van der Waals surface area contributed by atoms with Gasteiger partial charge >= 0.3 is 0 Å². The Morgan fingerprint density at radius 1 is 1.31 bits per heavy atom. The van der Waals surface area contributed by atoms with E-state index in [2.05, 4.69) is 6.92 Å². The molecule has 0 bridgehead atoms. The molecule has 0 saturated carbocycles. The lowest BCUT2D eigenvalue weighted by atomic mass is 9.47. The van der Waals surface area contributed by atoms with Gasteiger partial charge in [0.25, 0.3) is 6.92 Å². The number of unbranched alkanes of at least 4 members (excludes halogenated alkanes) is 2. The van der Waals surface area contributed by atoms with E-state index in [4.69, 9.17) is 4.65 Å². The molecule has 1 aliphatic heterocycles. The van der Waals surface area contributed by atoms with E-state index in [1.54, 1.807) is 0 Å². The monoisotopic (exact) mass is 182 g/mol. The summed E-state index contributed by atoms with van der Waals surface area (Å²) in [6.07, 6.45) is 11.0. The largest absolute Gasteiger partial charge is 0.438 e. The highest BCUT2D eigenvalue weighted by atomic mass is 16.4. The van der Waals surface area contributed by atoms with Gasteiger partial charge in [-0.15, -0.1) is 0 Å². The van der Waals surface area contributed by atoms with Gasteiger partial charge in [0.05, 0.1) is 0 Å². The first-order chi connectivity index (χ1) is 6.38. The maximum absolute atomic E-state index is 5.53. The predicted molar refractivity (Wildman–Crippen MR) is 59.3 cm³/mol. The summed E-state index contributed by atoms with van der Waals surface area (Å²) in [6.45, 7) is 2.85. The second-order valence-electron chi connectivity index (χ2n) is 4.31. The predicted octanol–water partition coefficient (Wildman–Crippen LogP) is 3.76. The molecule has 1 fully saturated rings. The van der Waals surface area contributed by atoms with Gasteiger partial charge in [-0.05, 0) is 12.1 Å². The normalized spacial score (nSPS) is 23.5. The summed E-state index contributed by atoms with van der Waals surface area (Å²) in [4.78, 5) is 0. The summed E-state index contributed by atoms with van der Waals surface area (Å²) >= 11 is 0. The molecule has 1 nitrogen and oxygen atoms in total. The molecule has 0 radical (unpaired) electrons. The average molecular weight is 182 g/mol. The summed E-state index contributed by atoms with van der Waals surface area (Å²) in [5.41, 5.74) is 0. The summed E-state index contributed by atoms with van der Waals surface area (Å²) in [5, 5.41) is 0. The standard InChI is InChI=1S/C11H23BO/c1-3-4-5-8-11-9-6-7-10-12(11)13-2/h11H,3-10H2,1-2H3. The molecular formula is C11H23BO. The quantitative estimate of drug-likeness (QED) is 0.464. The molecule has 0 aromatic rings. The lowest BCUT2D eigenvalue weighted by Crippen LogP contribution is -2.26. The van der Waals surface area contributed by atoms with Gasteiger partial charge in [0.2, 0.25) is 0 Å². The average Bonchev–Trinajstić information content (AvgIpc) is 2.19. The fourth-order valence-electron chi connectivity index (χ4n) is 2.47. The Morgan fingerprint density at radius 3 is 2.85 bits per heavy atom. The molecule has 0 aromatic heterocycles. The molecule has 13 heavy (non-hydrogen) atoms. The third-order valence-electron chi connectivity index (χ3n) is 3.32. The van der Waals surface area contributed by atoms with Crippen molar-refractivity contribution in [1.29, 1.82) is 0 Å². The lowest BCUT2D eigenvalue weighted by molar-refractivity contribution is 0.377. The first-order valence-electron chi connectivity index (χ1n) is 5.91. The molecule has 0 amide bonds. The summed E-state index contributed by atoms with van der Waals surface area (Å²) in [7, 11) is 1.88. The lowest BCUT2D eigenvalue weighted by Gasteiger charge is -2.27. The van der Waals surface area contributed by atoms with Crippen LogP contribution in [0.4, 0.5) is 0 Å². The Morgan fingerprint density at radius 2 is 2.15 bits per heavy atom. The minimum absolute atomic E-state index is 0.575. The molecule has 0 aromatic carbocycles. The second-order valence-corrected chi connectivity index (χ2v) is 4.31. The van der Waals surface area contributed by atoms with Gasteiger partial charge in [-0.25, -0.2) is 0 Å². The van der Waals surface area contributed by atoms with Crippen molar-refractivity contribution in [3.8, 4) is 0 Å². The number of hydrogen-bond donors (Lipinski definition) is 0. The van der Waals surface area contributed by atoms with E-state index in [-0.39, 0.29) is 0 Å². The number of hydrogen-bond acceptors (Lipinski definition) is 1. The first kappa shape index (κ1) is 11.1. The van der Waals surface area contributed by atoms with Crippen molar-refractivity contribution in [3.05, 3.63) is 0 Å². The smallest absolute Gasteiger partial charge is 0.295 e. The van der Waals surface area contributed by atoms with E-state index in [9.17, 15) is 0 Å². The van der Waals surface area contributed by atoms with Crippen molar-refractivity contribution < 1.29 is 4.65 Å². The Hall–Kier alpha value is 0.0249. The third kappa shape index (κ3) is 3.72. The second kappa shape index (κ2) is 6.47. The fourth-order valence-corrected chi connectivity index (χ4v) is 2.47. The van der Waals surface area contributed by atoms with Crippen LogP contribution in [0.3, 0.4) is 0 Å². The zero-order chi connectivity index (χ0) is 9.52. The van der Waals surface area contributed by atoms with E-state index in [0.29, 0.717) is 6.92 Å². The zero-order valence-corrected chi connectivity index (χ0v) is 9.22. The van der Waals surface area contributed by atoms with E-state index >= 15 is 0 Å². The van der Waals surface area contributed by atoms with Crippen LogP contribution < -0.4 is 0 Å². The van der Waals surface area contributed by atoms with Crippen LogP contribution >= 0.6 is 0 Å². The van der Waals surface area contributed by atoms with E-state index in [1.165, 1.54) is 51.3 Å². The molecule has 1 heterocycles. The van der Waals surface area contributed by atoms with Crippen molar-refractivity contribution in [2.24, 2.45) is 0 Å². The topological polar surface area (TPSA) is 9.23 Å². The molecule has 76 valence electrons. The van der Waals surface area contributed by atoms with Crippen molar-refractivity contribution in [2.45, 2.75) is 64.0 Å². The molecule has 0 aliphatic carbocycles. The van der Waals surface area contributed by atoms with Crippen LogP contribution in [0.5, 0.6) is 0 Å². The molecule has 1 unspecified atom stereocenters. The van der Waals surface area contributed by atoms with Crippen LogP contribution in [0.25, 0.3) is 0 Å². The molecule has 0 spiro atoms. The van der Waals surface area contributed by atoms with Gasteiger partial charge in [-0.3, -0.25) is 0 Å². The van der Waals surface area contributed by atoms with Gasteiger partial charge in [-0.1, -0.05) is 51.9 Å². The van der Waals surface area contributed by atoms with Gasteiger partial charge < -0.3 is 4.65 Å². The summed E-state index contributed by atoms with van der Waals surface area (Å²) in [5.74, 6) is 0.866. The highest BCUT2D eigenvalue weighted by Gasteiger charge is 2.28. The molecule has 1 saturated heterocycles. The third-order valence-corrected chi connectivity index (χ3v) is 3.32. The van der Waals surface area contributed by atoms with Gasteiger partial charge in [0.15, 0.2) is 0 Å². The summed E-state index contributed by atoms with van der Waals surface area (Å²) < 4.78 is 5.53. The van der Waals surface area contributed by atoms with Crippen molar-refractivity contribution in [1.82, 2.24) is 0 Å². The van der Waals surface area contributed by atoms with E-state index < -0.39 is 0 Å². The zero-order valence-electron chi connectivity index (χ0n) is 9.22. The first-order valence-corrected chi connectivity index (χ1v) is 5.91. The SMILES string of the molecule is CCCCCC1CCCCB1OC. The van der Waals surface area contributed by atoms with Crippen LogP contribution in [0, 0.1) is 0 Å². The van der Waals surface area contributed by atoms with E-state index in [0.717, 1.165) is 5.82 Å². The van der Waals surface area contributed by atoms with Crippen LogP contribution in [-0.4, -0.2) is 14.0 Å². The minimum Gasteiger partial charge on any atom is -0.438 e. The Kier molecular flexibility index (Phi) is 5.53. The van der Waals surface area contributed by atoms with E-state index in [1.807, 2.05) is 7.11 Å². The van der Waals surface area contributed by atoms with Crippen LogP contribution in [0.15, 0.2) is 0 Å².